The van der Waals surface area contributed by atoms with E-state index in [1.165, 1.54) is 22.3 Å². The molecule has 2 amide bonds. The Labute approximate surface area is 219 Å². The summed E-state index contributed by atoms with van der Waals surface area (Å²) in [6.07, 6.45) is 1.20. The zero-order valence-corrected chi connectivity index (χ0v) is 21.5. The Kier molecular flexibility index (Phi) is 6.42. The van der Waals surface area contributed by atoms with Gasteiger partial charge in [0, 0.05) is 24.7 Å². The highest BCUT2D eigenvalue weighted by Gasteiger charge is 2.42. The van der Waals surface area contributed by atoms with Crippen molar-refractivity contribution >= 4 is 44.5 Å². The number of halogens is 2. The normalized spacial score (nSPS) is 17.7. The molecular formula is C24H24F2N8O3S. The van der Waals surface area contributed by atoms with Gasteiger partial charge in [0.25, 0.3) is 0 Å². The topological polar surface area (TPSA) is 141 Å². The van der Waals surface area contributed by atoms with Crippen LogP contribution >= 0.6 is 11.3 Å². The van der Waals surface area contributed by atoms with Gasteiger partial charge in [-0.25, -0.2) is 28.2 Å². The van der Waals surface area contributed by atoms with Crippen LogP contribution in [-0.2, 0) is 9.53 Å². The summed E-state index contributed by atoms with van der Waals surface area (Å²) in [7, 11) is 0. The number of ether oxygens (including phenoxy) is 1. The second-order valence-corrected chi connectivity index (χ2v) is 10.8. The van der Waals surface area contributed by atoms with E-state index in [1.807, 2.05) is 0 Å². The van der Waals surface area contributed by atoms with Crippen LogP contribution in [0.5, 0.6) is 0 Å². The third-order valence-electron chi connectivity index (χ3n) is 5.82. The predicted molar refractivity (Wildman–Crippen MR) is 136 cm³/mol. The summed E-state index contributed by atoms with van der Waals surface area (Å²) < 4.78 is 34.1. The average Bonchev–Trinajstić information content (AvgIpc) is 3.56. The lowest BCUT2D eigenvalue weighted by molar-refractivity contribution is -0.120. The molecule has 1 saturated heterocycles. The van der Waals surface area contributed by atoms with Gasteiger partial charge in [0.15, 0.2) is 16.8 Å². The first-order valence-corrected chi connectivity index (χ1v) is 12.5. The molecule has 4 heterocycles. The van der Waals surface area contributed by atoms with E-state index in [4.69, 9.17) is 10.5 Å². The van der Waals surface area contributed by atoms with Crippen LogP contribution in [0.15, 0.2) is 36.5 Å². The predicted octanol–water partition coefficient (Wildman–Crippen LogP) is 4.00. The van der Waals surface area contributed by atoms with Crippen LogP contribution in [0.1, 0.15) is 33.2 Å². The Morgan fingerprint density at radius 3 is 2.66 bits per heavy atom. The number of nitrogens with two attached hydrogens (primary N) is 1. The van der Waals surface area contributed by atoms with Gasteiger partial charge < -0.3 is 15.8 Å². The molecule has 1 aromatic carbocycles. The number of carbonyl (C=O) groups is 2. The first-order valence-electron chi connectivity index (χ1n) is 11.7. The van der Waals surface area contributed by atoms with Gasteiger partial charge in [-0.2, -0.15) is 0 Å². The number of nitrogen functional groups attached to an aromatic ring is 1. The lowest BCUT2D eigenvalue weighted by atomic mass is 10.1. The zero-order chi connectivity index (χ0) is 27.2. The number of nitrogens with one attached hydrogen (secondary N) is 1. The maximum atomic E-state index is 13.7. The van der Waals surface area contributed by atoms with Gasteiger partial charge >= 0.3 is 6.09 Å². The minimum atomic E-state index is -1.10. The molecule has 3 N–H and O–H groups in total. The van der Waals surface area contributed by atoms with Gasteiger partial charge in [-0.3, -0.25) is 9.69 Å². The molecule has 198 valence electrons. The number of hydrogen-bond acceptors (Lipinski definition) is 9. The lowest BCUT2D eigenvalue weighted by Crippen LogP contribution is -2.45. The molecule has 0 spiro atoms. The summed E-state index contributed by atoms with van der Waals surface area (Å²) in [6, 6.07) is 5.22. The molecule has 0 aliphatic carbocycles. The number of aromatic nitrogens is 5. The molecule has 1 aliphatic rings. The average molecular weight is 543 g/mol. The van der Waals surface area contributed by atoms with Gasteiger partial charge in [-0.05, 0) is 45.0 Å². The standard InChI is InChI=1S/C24H24F2N8O3S/c1-24(2,3)37-23(36)33-10-13(9-19(33)20(35)28-12-4-5-14(25)15(26)8-12)34-11-18(31-32-34)16-6-7-17-21(29-16)38-22(27)30-17/h4-8,11,13,19H,9-10H2,1-3H3,(H2,27,30)(H,28,35)/t13-,19-/m0/s1. The molecule has 14 heteroatoms. The number of nitrogens with zero attached hydrogens (tertiary/aromatic N) is 6. The number of hydrogen-bond donors (Lipinski definition) is 2. The van der Waals surface area contributed by atoms with E-state index in [0.717, 1.165) is 12.1 Å². The fraction of sp³-hybridized carbons (Fsp3) is 0.333. The Balaban J connectivity index is 1.39. The number of thiazole rings is 1. The fourth-order valence-electron chi connectivity index (χ4n) is 4.12. The van der Waals surface area contributed by atoms with E-state index in [9.17, 15) is 18.4 Å². The monoisotopic (exact) mass is 542 g/mol. The Morgan fingerprint density at radius 1 is 1.13 bits per heavy atom. The summed E-state index contributed by atoms with van der Waals surface area (Å²) in [5.41, 5.74) is 6.79. The SMILES string of the molecule is CC(C)(C)OC(=O)N1C[C@@H](n2cc(-c3ccc4nc(N)sc4n3)nn2)C[C@H]1C(=O)Nc1ccc(F)c(F)c1. The fourth-order valence-corrected chi connectivity index (χ4v) is 4.83. The summed E-state index contributed by atoms with van der Waals surface area (Å²) in [5, 5.41) is 11.4. The number of amides is 2. The van der Waals surface area contributed by atoms with Crippen molar-refractivity contribution in [1.82, 2.24) is 29.9 Å². The quantitative estimate of drug-likeness (QED) is 0.394. The second-order valence-electron chi connectivity index (χ2n) is 9.81. The van der Waals surface area contributed by atoms with Crippen molar-refractivity contribution in [2.24, 2.45) is 0 Å². The molecular weight excluding hydrogens is 518 g/mol. The molecule has 38 heavy (non-hydrogen) atoms. The molecule has 0 unspecified atom stereocenters. The minimum Gasteiger partial charge on any atom is -0.444 e. The second kappa shape index (κ2) is 9.59. The lowest BCUT2D eigenvalue weighted by Gasteiger charge is -2.27. The van der Waals surface area contributed by atoms with E-state index < -0.39 is 41.3 Å². The number of rotatable bonds is 4. The van der Waals surface area contributed by atoms with Crippen molar-refractivity contribution in [2.45, 2.75) is 44.9 Å². The Morgan fingerprint density at radius 2 is 1.92 bits per heavy atom. The molecule has 3 aromatic heterocycles. The van der Waals surface area contributed by atoms with Gasteiger partial charge in [0.05, 0.1) is 17.9 Å². The van der Waals surface area contributed by atoms with Crippen molar-refractivity contribution in [3.63, 3.8) is 0 Å². The molecule has 1 fully saturated rings. The highest BCUT2D eigenvalue weighted by atomic mass is 32.1. The van der Waals surface area contributed by atoms with Gasteiger partial charge in [0.1, 0.15) is 27.7 Å². The van der Waals surface area contributed by atoms with Crippen LogP contribution in [0.25, 0.3) is 21.7 Å². The number of anilines is 2. The number of benzene rings is 1. The number of likely N-dealkylation sites (tertiary alicyclic amines) is 1. The third-order valence-corrected chi connectivity index (χ3v) is 6.61. The van der Waals surface area contributed by atoms with Gasteiger partial charge in [0.2, 0.25) is 5.91 Å². The Hall–Kier alpha value is -4.20. The van der Waals surface area contributed by atoms with E-state index in [-0.39, 0.29) is 18.7 Å². The highest BCUT2D eigenvalue weighted by molar-refractivity contribution is 7.21. The molecule has 2 atom stereocenters. The van der Waals surface area contributed by atoms with E-state index >= 15 is 0 Å². The van der Waals surface area contributed by atoms with Crippen LogP contribution in [-0.4, -0.2) is 60.0 Å². The van der Waals surface area contributed by atoms with Crippen molar-refractivity contribution in [3.8, 4) is 11.4 Å². The van der Waals surface area contributed by atoms with Gasteiger partial charge in [-0.15, -0.1) is 5.10 Å². The molecule has 0 radical (unpaired) electrons. The molecule has 4 aromatic rings. The largest absolute Gasteiger partial charge is 0.444 e. The van der Waals surface area contributed by atoms with Crippen molar-refractivity contribution in [3.05, 3.63) is 48.2 Å². The molecule has 0 saturated carbocycles. The zero-order valence-electron chi connectivity index (χ0n) is 20.7. The van der Waals surface area contributed by atoms with Crippen molar-refractivity contribution < 1.29 is 23.1 Å². The van der Waals surface area contributed by atoms with E-state index in [2.05, 4.69) is 25.6 Å². The van der Waals surface area contributed by atoms with Crippen LogP contribution in [0, 0.1) is 11.6 Å². The first kappa shape index (κ1) is 25.4. The van der Waals surface area contributed by atoms with Crippen LogP contribution in [0.4, 0.5) is 24.4 Å². The smallest absolute Gasteiger partial charge is 0.411 e. The van der Waals surface area contributed by atoms with Crippen LogP contribution in [0.3, 0.4) is 0 Å². The maximum Gasteiger partial charge on any atom is 0.411 e. The van der Waals surface area contributed by atoms with E-state index in [0.29, 0.717) is 26.9 Å². The number of carbonyl (C=O) groups excluding carboxylic acids is 2. The van der Waals surface area contributed by atoms with E-state index in [1.54, 1.807) is 43.8 Å². The van der Waals surface area contributed by atoms with Gasteiger partial charge in [-0.1, -0.05) is 16.6 Å². The van der Waals surface area contributed by atoms with Crippen molar-refractivity contribution in [2.75, 3.05) is 17.6 Å². The number of pyridine rings is 1. The minimum absolute atomic E-state index is 0.0645. The molecule has 0 bridgehead atoms. The third kappa shape index (κ3) is 5.25. The van der Waals surface area contributed by atoms with Crippen molar-refractivity contribution in [1.29, 1.82) is 0 Å². The summed E-state index contributed by atoms with van der Waals surface area (Å²) in [5.74, 6) is -2.70. The summed E-state index contributed by atoms with van der Waals surface area (Å²) >= 11 is 1.26. The summed E-state index contributed by atoms with van der Waals surface area (Å²) in [4.78, 5) is 36.9. The van der Waals surface area contributed by atoms with Crippen LogP contribution in [0.2, 0.25) is 0 Å². The molecule has 1 aliphatic heterocycles. The Bertz CT molecular complexity index is 1530. The molecule has 5 rings (SSSR count). The first-order chi connectivity index (χ1) is 18.0. The van der Waals surface area contributed by atoms with Crippen LogP contribution < -0.4 is 11.1 Å². The molecule has 11 nitrogen and oxygen atoms in total. The maximum absolute atomic E-state index is 13.7. The number of fused-ring (bicyclic) bond motifs is 1. The summed E-state index contributed by atoms with van der Waals surface area (Å²) in [6.45, 7) is 5.28. The highest BCUT2D eigenvalue weighted by Crippen LogP contribution is 2.31.